The molecule has 100 valence electrons. The fourth-order valence-electron chi connectivity index (χ4n) is 2.87. The highest BCUT2D eigenvalue weighted by Crippen LogP contribution is 2.38. The average Bonchev–Trinajstić information content (AvgIpc) is 2.28. The molecule has 2 nitrogen and oxygen atoms in total. The third-order valence-corrected chi connectivity index (χ3v) is 4.19. The van der Waals surface area contributed by atoms with E-state index >= 15 is 0 Å². The van der Waals surface area contributed by atoms with Crippen molar-refractivity contribution < 1.29 is 9.84 Å². The first-order valence-corrected chi connectivity index (χ1v) is 6.65. The first-order valence-electron chi connectivity index (χ1n) is 6.65. The number of methoxy groups -OCH3 is 1. The van der Waals surface area contributed by atoms with Gasteiger partial charge in [-0.3, -0.25) is 0 Å². The fourth-order valence-corrected chi connectivity index (χ4v) is 2.87. The van der Waals surface area contributed by atoms with E-state index in [2.05, 4.69) is 57.2 Å². The minimum absolute atomic E-state index is 0.0325. The van der Waals surface area contributed by atoms with E-state index in [-0.39, 0.29) is 29.0 Å². The summed E-state index contributed by atoms with van der Waals surface area (Å²) in [4.78, 5) is 0. The van der Waals surface area contributed by atoms with Crippen LogP contribution in [0.2, 0.25) is 0 Å². The monoisotopic (exact) mass is 248 g/mol. The molecule has 3 aliphatic carbocycles. The summed E-state index contributed by atoms with van der Waals surface area (Å²) in [7, 11) is 1.74. The number of fused-ring (bicyclic) bond motifs is 4. The van der Waals surface area contributed by atoms with E-state index in [1.165, 1.54) is 0 Å². The molecule has 3 aliphatic rings. The lowest BCUT2D eigenvalue weighted by atomic mass is 9.73. The van der Waals surface area contributed by atoms with Crippen LogP contribution in [0.3, 0.4) is 0 Å². The molecule has 1 N–H and O–H groups in total. The van der Waals surface area contributed by atoms with Gasteiger partial charge in [0.25, 0.3) is 0 Å². The zero-order valence-corrected chi connectivity index (χ0v) is 11.8. The minimum atomic E-state index is -0.346. The van der Waals surface area contributed by atoms with Gasteiger partial charge in [0.2, 0.25) is 0 Å². The number of hydrogen-bond donors (Lipinski definition) is 1. The van der Waals surface area contributed by atoms with Crippen LogP contribution in [-0.4, -0.2) is 24.4 Å². The number of aliphatic hydroxyl groups is 1. The van der Waals surface area contributed by atoms with Crippen molar-refractivity contribution in [2.75, 3.05) is 7.11 Å². The first kappa shape index (κ1) is 13.6. The van der Waals surface area contributed by atoms with Crippen molar-refractivity contribution in [2.24, 2.45) is 16.7 Å². The summed E-state index contributed by atoms with van der Waals surface area (Å²) in [6, 6.07) is 0. The average molecular weight is 248 g/mol. The molecule has 0 aliphatic heterocycles. The van der Waals surface area contributed by atoms with Gasteiger partial charge < -0.3 is 9.84 Å². The summed E-state index contributed by atoms with van der Waals surface area (Å²) < 4.78 is 5.59. The molecule has 0 radical (unpaired) electrons. The minimum Gasteiger partial charge on any atom is -0.392 e. The second kappa shape index (κ2) is 4.67. The van der Waals surface area contributed by atoms with Crippen molar-refractivity contribution in [3.8, 4) is 0 Å². The number of hydrogen-bond acceptors (Lipinski definition) is 2. The molecule has 2 heteroatoms. The molecule has 0 heterocycles. The number of allylic oxidation sites excluding steroid dienone is 3. The Balaban J connectivity index is 2.38. The number of aliphatic hydroxyl groups excluding tert-OH is 1. The largest absolute Gasteiger partial charge is 0.392 e. The van der Waals surface area contributed by atoms with Crippen LogP contribution in [0.4, 0.5) is 0 Å². The standard InChI is InChI=1S/C16H24O2/c1-15(2)11-13(17)12-5-8-16(3,9-6-12)10-7-14(15)18-4/h5-10,12-14,17H,11H2,1-4H3/b10-7-. The van der Waals surface area contributed by atoms with Gasteiger partial charge in [0.15, 0.2) is 0 Å². The van der Waals surface area contributed by atoms with Crippen LogP contribution < -0.4 is 0 Å². The molecule has 2 unspecified atom stereocenters. The van der Waals surface area contributed by atoms with Crippen LogP contribution in [0.15, 0.2) is 36.5 Å². The molecule has 3 rings (SSSR count). The van der Waals surface area contributed by atoms with Crippen LogP contribution in [0.25, 0.3) is 0 Å². The highest BCUT2D eigenvalue weighted by atomic mass is 16.5. The van der Waals surface area contributed by atoms with Crippen molar-refractivity contribution in [1.82, 2.24) is 0 Å². The normalized spacial score (nSPS) is 43.9. The van der Waals surface area contributed by atoms with Crippen LogP contribution in [0.1, 0.15) is 27.2 Å². The van der Waals surface area contributed by atoms with Gasteiger partial charge in [0.05, 0.1) is 12.2 Å². The molecule has 2 atom stereocenters. The highest BCUT2D eigenvalue weighted by molar-refractivity contribution is 5.28. The van der Waals surface area contributed by atoms with E-state index in [4.69, 9.17) is 4.74 Å². The van der Waals surface area contributed by atoms with Gasteiger partial charge in [-0.1, -0.05) is 50.3 Å². The second-order valence-corrected chi connectivity index (χ2v) is 6.44. The molecule has 0 saturated heterocycles. The van der Waals surface area contributed by atoms with Crippen molar-refractivity contribution in [3.05, 3.63) is 36.5 Å². The van der Waals surface area contributed by atoms with Crippen molar-refractivity contribution in [1.29, 1.82) is 0 Å². The molecule has 0 aromatic carbocycles. The van der Waals surface area contributed by atoms with Gasteiger partial charge in [0, 0.05) is 18.4 Å². The molecular weight excluding hydrogens is 224 g/mol. The Bertz CT molecular complexity index is 376. The Morgan fingerprint density at radius 1 is 1.06 bits per heavy atom. The second-order valence-electron chi connectivity index (χ2n) is 6.44. The summed E-state index contributed by atoms with van der Waals surface area (Å²) in [6.07, 6.45) is 13.3. The van der Waals surface area contributed by atoms with Crippen LogP contribution in [0, 0.1) is 16.7 Å². The van der Waals surface area contributed by atoms with Gasteiger partial charge in [-0.2, -0.15) is 0 Å². The Labute approximate surface area is 110 Å². The van der Waals surface area contributed by atoms with Crippen LogP contribution >= 0.6 is 0 Å². The topological polar surface area (TPSA) is 29.5 Å². The third kappa shape index (κ3) is 2.60. The summed E-state index contributed by atoms with van der Waals surface area (Å²) in [5, 5.41) is 10.4. The highest BCUT2D eigenvalue weighted by Gasteiger charge is 2.34. The maximum atomic E-state index is 10.4. The Morgan fingerprint density at radius 2 is 1.61 bits per heavy atom. The summed E-state index contributed by atoms with van der Waals surface area (Å²) in [6.45, 7) is 6.47. The summed E-state index contributed by atoms with van der Waals surface area (Å²) in [5.74, 6) is 0.126. The molecule has 2 bridgehead atoms. The molecule has 0 aromatic rings. The molecule has 0 saturated carbocycles. The zero-order valence-electron chi connectivity index (χ0n) is 11.8. The summed E-state index contributed by atoms with van der Waals surface area (Å²) >= 11 is 0. The van der Waals surface area contributed by atoms with Gasteiger partial charge in [-0.05, 0) is 18.8 Å². The molecular formula is C16H24O2. The molecule has 0 aromatic heterocycles. The quantitative estimate of drug-likeness (QED) is 0.723. The molecule has 0 fully saturated rings. The van der Waals surface area contributed by atoms with E-state index in [1.54, 1.807) is 7.11 Å². The van der Waals surface area contributed by atoms with Gasteiger partial charge >= 0.3 is 0 Å². The molecule has 0 spiro atoms. The van der Waals surface area contributed by atoms with Crippen LogP contribution in [0.5, 0.6) is 0 Å². The summed E-state index contributed by atoms with van der Waals surface area (Å²) in [5.41, 5.74) is -0.124. The van der Waals surface area contributed by atoms with E-state index < -0.39 is 0 Å². The Hall–Kier alpha value is -0.860. The lowest BCUT2D eigenvalue weighted by molar-refractivity contribution is 0.0000364. The Kier molecular flexibility index (Phi) is 3.52. The maximum Gasteiger partial charge on any atom is 0.0804 e. The zero-order chi connectivity index (χ0) is 13.4. The lowest BCUT2D eigenvalue weighted by Crippen LogP contribution is -2.37. The van der Waals surface area contributed by atoms with E-state index in [1.807, 2.05) is 0 Å². The predicted molar refractivity (Wildman–Crippen MR) is 74.2 cm³/mol. The molecule has 18 heavy (non-hydrogen) atoms. The van der Waals surface area contributed by atoms with Crippen LogP contribution in [-0.2, 0) is 4.74 Å². The SMILES string of the molecule is COC1/C=C\C2(C)C=CC(C=C2)C(O)CC1(C)C. The smallest absolute Gasteiger partial charge is 0.0804 e. The molecule has 0 amide bonds. The number of ether oxygens (including phenoxy) is 1. The van der Waals surface area contributed by atoms with E-state index in [0.717, 1.165) is 6.42 Å². The van der Waals surface area contributed by atoms with Crippen molar-refractivity contribution >= 4 is 0 Å². The van der Waals surface area contributed by atoms with E-state index in [0.29, 0.717) is 0 Å². The number of rotatable bonds is 1. The van der Waals surface area contributed by atoms with Crippen molar-refractivity contribution in [3.63, 3.8) is 0 Å². The van der Waals surface area contributed by atoms with E-state index in [9.17, 15) is 5.11 Å². The lowest BCUT2D eigenvalue weighted by Gasteiger charge is -2.37. The van der Waals surface area contributed by atoms with Crippen molar-refractivity contribution in [2.45, 2.75) is 39.4 Å². The predicted octanol–water partition coefficient (Wildman–Crippen LogP) is 3.10. The Morgan fingerprint density at radius 3 is 2.17 bits per heavy atom. The first-order chi connectivity index (χ1) is 8.36. The van der Waals surface area contributed by atoms with Gasteiger partial charge in [-0.25, -0.2) is 0 Å². The van der Waals surface area contributed by atoms with Gasteiger partial charge in [0.1, 0.15) is 0 Å². The fraction of sp³-hybridized carbons (Fsp3) is 0.625. The third-order valence-electron chi connectivity index (χ3n) is 4.19. The maximum absolute atomic E-state index is 10.4. The van der Waals surface area contributed by atoms with Gasteiger partial charge in [-0.15, -0.1) is 0 Å².